The van der Waals surface area contributed by atoms with E-state index < -0.39 is 0 Å². The highest BCUT2D eigenvalue weighted by Gasteiger charge is 2.18. The zero-order chi connectivity index (χ0) is 25.8. The number of nitrogens with one attached hydrogen (secondary N) is 4. The minimum atomic E-state index is -0.336. The highest BCUT2D eigenvalue weighted by Crippen LogP contribution is 2.34. The van der Waals surface area contributed by atoms with Gasteiger partial charge in [-0.15, -0.1) is 0 Å². The summed E-state index contributed by atoms with van der Waals surface area (Å²) in [6, 6.07) is 9.71. The number of aromatic amines is 2. The van der Waals surface area contributed by atoms with E-state index in [-0.39, 0.29) is 18.3 Å². The van der Waals surface area contributed by atoms with Gasteiger partial charge in [-0.05, 0) is 36.4 Å². The Kier molecular flexibility index (Phi) is 7.06. The number of imidazole rings is 1. The van der Waals surface area contributed by atoms with E-state index in [1.165, 1.54) is 19.2 Å². The molecule has 1 amide bonds. The Morgan fingerprint density at radius 2 is 1.95 bits per heavy atom. The second-order valence-corrected chi connectivity index (χ2v) is 8.46. The number of ether oxygens (including phenoxy) is 1. The normalized spacial score (nSPS) is 11.1. The van der Waals surface area contributed by atoms with Crippen LogP contribution in [0, 0.1) is 5.82 Å². The van der Waals surface area contributed by atoms with Gasteiger partial charge in [0.15, 0.2) is 0 Å². The fourth-order valence-electron chi connectivity index (χ4n) is 3.75. The first-order chi connectivity index (χ1) is 18.0. The van der Waals surface area contributed by atoms with Crippen LogP contribution in [0.4, 0.5) is 10.3 Å². The van der Waals surface area contributed by atoms with Crippen LogP contribution >= 0.6 is 11.6 Å². The van der Waals surface area contributed by atoms with Crippen LogP contribution in [-0.4, -0.2) is 62.6 Å². The van der Waals surface area contributed by atoms with Gasteiger partial charge in [-0.2, -0.15) is 0 Å². The van der Waals surface area contributed by atoms with Crippen molar-refractivity contribution in [2.24, 2.45) is 0 Å². The summed E-state index contributed by atoms with van der Waals surface area (Å²) in [7, 11) is 1.46. The fourth-order valence-corrected chi connectivity index (χ4v) is 3.95. The standard InChI is InChI=1S/C25H22ClFN8O2/c1-37-13-20(36)28-8-9-30-25-29-7-6-19(33-25)22-21(15-10-17-18(26)12-32-24(17)31-11-15)34-23(35-22)14-2-4-16(27)5-3-14/h2-7,10-12H,8-9,13H2,1H3,(H,28,36)(H,31,32)(H,34,35)(H,29,30,33). The van der Waals surface area contributed by atoms with Gasteiger partial charge in [0.1, 0.15) is 23.9 Å². The Morgan fingerprint density at radius 3 is 2.76 bits per heavy atom. The lowest BCUT2D eigenvalue weighted by molar-refractivity contribution is -0.124. The molecule has 10 nitrogen and oxygen atoms in total. The SMILES string of the molecule is COCC(=O)NCCNc1nccc(-c2[nH]c(-c3ccc(F)cc3)nc2-c2cnc3[nH]cc(Cl)c3c2)n1. The highest BCUT2D eigenvalue weighted by atomic mass is 35.5. The molecule has 188 valence electrons. The van der Waals surface area contributed by atoms with Crippen molar-refractivity contribution in [2.45, 2.75) is 0 Å². The molecule has 4 heterocycles. The second-order valence-electron chi connectivity index (χ2n) is 8.05. The maximum absolute atomic E-state index is 13.5. The lowest BCUT2D eigenvalue weighted by Gasteiger charge is -2.08. The second kappa shape index (κ2) is 10.7. The number of aromatic nitrogens is 6. The van der Waals surface area contributed by atoms with Crippen molar-refractivity contribution in [3.8, 4) is 34.0 Å². The molecule has 0 saturated carbocycles. The van der Waals surface area contributed by atoms with Gasteiger partial charge in [0, 0.05) is 55.3 Å². The van der Waals surface area contributed by atoms with Crippen LogP contribution in [0.15, 0.2) is 55.0 Å². The number of benzene rings is 1. The molecule has 0 aliphatic heterocycles. The summed E-state index contributed by atoms with van der Waals surface area (Å²) >= 11 is 6.33. The number of hydrogen-bond donors (Lipinski definition) is 4. The Bertz CT molecular complexity index is 1550. The molecule has 0 unspecified atom stereocenters. The van der Waals surface area contributed by atoms with Crippen molar-refractivity contribution in [2.75, 3.05) is 32.1 Å². The van der Waals surface area contributed by atoms with Crippen LogP contribution in [0.5, 0.6) is 0 Å². The van der Waals surface area contributed by atoms with E-state index in [9.17, 15) is 9.18 Å². The topological polar surface area (TPSA) is 134 Å². The maximum Gasteiger partial charge on any atom is 0.246 e. The Morgan fingerprint density at radius 1 is 1.11 bits per heavy atom. The zero-order valence-corrected chi connectivity index (χ0v) is 20.4. The van der Waals surface area contributed by atoms with E-state index in [0.29, 0.717) is 58.2 Å². The van der Waals surface area contributed by atoms with Gasteiger partial charge >= 0.3 is 0 Å². The van der Waals surface area contributed by atoms with Crippen LogP contribution in [-0.2, 0) is 9.53 Å². The Hall–Kier alpha value is -4.35. The minimum absolute atomic E-state index is 0.000405. The average molecular weight is 521 g/mol. The molecular weight excluding hydrogens is 499 g/mol. The minimum Gasteiger partial charge on any atom is -0.375 e. The molecule has 5 aromatic rings. The van der Waals surface area contributed by atoms with Gasteiger partial charge in [0.25, 0.3) is 0 Å². The van der Waals surface area contributed by atoms with Crippen LogP contribution < -0.4 is 10.6 Å². The number of hydrogen-bond acceptors (Lipinski definition) is 7. The number of carbonyl (C=O) groups is 1. The lowest BCUT2D eigenvalue weighted by Crippen LogP contribution is -2.31. The van der Waals surface area contributed by atoms with Crippen molar-refractivity contribution in [3.63, 3.8) is 0 Å². The molecule has 12 heteroatoms. The number of pyridine rings is 1. The third kappa shape index (κ3) is 5.42. The van der Waals surface area contributed by atoms with Crippen LogP contribution in [0.1, 0.15) is 0 Å². The first-order valence-electron chi connectivity index (χ1n) is 11.3. The third-order valence-electron chi connectivity index (χ3n) is 5.49. The maximum atomic E-state index is 13.5. The predicted octanol–water partition coefficient (Wildman–Crippen LogP) is 4.04. The highest BCUT2D eigenvalue weighted by molar-refractivity contribution is 6.35. The van der Waals surface area contributed by atoms with Crippen LogP contribution in [0.2, 0.25) is 5.02 Å². The largest absolute Gasteiger partial charge is 0.375 e. The first kappa shape index (κ1) is 24.3. The lowest BCUT2D eigenvalue weighted by atomic mass is 10.1. The number of H-pyrrole nitrogens is 2. The molecule has 5 rings (SSSR count). The molecule has 0 spiro atoms. The zero-order valence-electron chi connectivity index (χ0n) is 19.7. The van der Waals surface area contributed by atoms with Crippen LogP contribution in [0.25, 0.3) is 45.1 Å². The van der Waals surface area contributed by atoms with Gasteiger partial charge in [-0.1, -0.05) is 11.6 Å². The average Bonchev–Trinajstić information content (AvgIpc) is 3.51. The summed E-state index contributed by atoms with van der Waals surface area (Å²) in [5.41, 5.74) is 3.91. The molecule has 0 atom stereocenters. The molecule has 0 fully saturated rings. The Balaban J connectivity index is 1.49. The van der Waals surface area contributed by atoms with Gasteiger partial charge in [-0.25, -0.2) is 24.3 Å². The number of anilines is 1. The summed E-state index contributed by atoms with van der Waals surface area (Å²) in [6.07, 6.45) is 5.01. The number of nitrogens with zero attached hydrogens (tertiary/aromatic N) is 4. The van der Waals surface area contributed by atoms with E-state index in [1.807, 2.05) is 6.07 Å². The van der Waals surface area contributed by atoms with Crippen molar-refractivity contribution in [3.05, 3.63) is 65.8 Å². The van der Waals surface area contributed by atoms with Crippen molar-refractivity contribution in [1.29, 1.82) is 0 Å². The smallest absolute Gasteiger partial charge is 0.246 e. The molecule has 0 bridgehead atoms. The van der Waals surface area contributed by atoms with E-state index in [2.05, 4.69) is 35.6 Å². The quantitative estimate of drug-likeness (QED) is 0.215. The number of amides is 1. The van der Waals surface area contributed by atoms with Crippen LogP contribution in [0.3, 0.4) is 0 Å². The van der Waals surface area contributed by atoms with Crippen molar-refractivity contribution < 1.29 is 13.9 Å². The van der Waals surface area contributed by atoms with Gasteiger partial charge in [0.05, 0.1) is 22.1 Å². The van der Waals surface area contributed by atoms with Gasteiger partial charge < -0.3 is 25.3 Å². The van der Waals surface area contributed by atoms with E-state index in [0.717, 1.165) is 10.9 Å². The molecule has 4 aromatic heterocycles. The summed E-state index contributed by atoms with van der Waals surface area (Å²) in [5.74, 6) is 0.379. The summed E-state index contributed by atoms with van der Waals surface area (Å²) in [6.45, 7) is 0.796. The summed E-state index contributed by atoms with van der Waals surface area (Å²) in [4.78, 5) is 36.1. The van der Waals surface area contributed by atoms with E-state index >= 15 is 0 Å². The predicted molar refractivity (Wildman–Crippen MR) is 138 cm³/mol. The number of methoxy groups -OCH3 is 1. The molecule has 0 aliphatic rings. The molecule has 37 heavy (non-hydrogen) atoms. The Labute approximate surface area is 215 Å². The van der Waals surface area contributed by atoms with Crippen molar-refractivity contribution >= 4 is 34.5 Å². The number of fused-ring (bicyclic) bond motifs is 1. The molecule has 0 radical (unpaired) electrons. The fraction of sp³-hybridized carbons (Fsp3) is 0.160. The number of rotatable bonds is 9. The number of carbonyl (C=O) groups excluding carboxylic acids is 1. The molecule has 0 saturated heterocycles. The van der Waals surface area contributed by atoms with Gasteiger partial charge in [-0.3, -0.25) is 4.79 Å². The molecule has 1 aromatic carbocycles. The third-order valence-corrected chi connectivity index (χ3v) is 5.81. The van der Waals surface area contributed by atoms with E-state index in [4.69, 9.17) is 21.3 Å². The summed E-state index contributed by atoms with van der Waals surface area (Å²) < 4.78 is 18.3. The molecule has 0 aliphatic carbocycles. The molecule has 4 N–H and O–H groups in total. The monoisotopic (exact) mass is 520 g/mol. The number of halogens is 2. The first-order valence-corrected chi connectivity index (χ1v) is 11.7. The van der Waals surface area contributed by atoms with Crippen molar-refractivity contribution in [1.82, 2.24) is 35.2 Å². The summed E-state index contributed by atoms with van der Waals surface area (Å²) in [5, 5.41) is 7.13. The molecular formula is C25H22ClFN8O2. The van der Waals surface area contributed by atoms with Gasteiger partial charge in [0.2, 0.25) is 11.9 Å². The van der Waals surface area contributed by atoms with E-state index in [1.54, 1.807) is 36.8 Å².